The van der Waals surface area contributed by atoms with Gasteiger partial charge in [0, 0.05) is 5.92 Å². The first-order valence-electron chi connectivity index (χ1n) is 10.2. The van der Waals surface area contributed by atoms with Gasteiger partial charge in [-0.05, 0) is 54.7 Å². The summed E-state index contributed by atoms with van der Waals surface area (Å²) in [6, 6.07) is 19.0. The largest absolute Gasteiger partial charge is 0.273 e. The zero-order valence-electron chi connectivity index (χ0n) is 16.0. The number of carbonyl (C=O) groups is 1. The third-order valence-corrected chi connectivity index (χ3v) is 6.09. The lowest BCUT2D eigenvalue weighted by molar-refractivity contribution is -0.122. The molecule has 0 spiro atoms. The molecule has 0 heterocycles. The molecular formula is C24H28N2O. The molecule has 4 rings (SSSR count). The lowest BCUT2D eigenvalue weighted by Crippen LogP contribution is -2.21. The summed E-state index contributed by atoms with van der Waals surface area (Å²) in [5.41, 5.74) is 7.39. The van der Waals surface area contributed by atoms with Gasteiger partial charge in [-0.3, -0.25) is 4.79 Å². The number of carbonyl (C=O) groups excluding carboxylic acids is 1. The molecule has 0 aliphatic heterocycles. The number of hydrogen-bond donors (Lipinski definition) is 1. The van der Waals surface area contributed by atoms with Gasteiger partial charge in [0.25, 0.3) is 0 Å². The van der Waals surface area contributed by atoms with Crippen LogP contribution in [0, 0.1) is 5.92 Å². The van der Waals surface area contributed by atoms with Gasteiger partial charge in [0.15, 0.2) is 0 Å². The van der Waals surface area contributed by atoms with Gasteiger partial charge >= 0.3 is 0 Å². The minimum atomic E-state index is 0.0297. The molecule has 2 fully saturated rings. The molecular weight excluding hydrogens is 332 g/mol. The van der Waals surface area contributed by atoms with Crippen LogP contribution in [0.2, 0.25) is 0 Å². The van der Waals surface area contributed by atoms with Crippen molar-refractivity contribution in [2.75, 3.05) is 0 Å². The van der Waals surface area contributed by atoms with Gasteiger partial charge in [0.2, 0.25) is 5.91 Å². The number of nitrogens with one attached hydrogen (secondary N) is 1. The quantitative estimate of drug-likeness (QED) is 0.564. The monoisotopic (exact) mass is 360 g/mol. The van der Waals surface area contributed by atoms with Crippen molar-refractivity contribution in [2.24, 2.45) is 11.0 Å². The molecule has 2 aliphatic carbocycles. The standard InChI is InChI=1S/C24H28N2O/c1-17(18-12-14-20(15-13-18)19-8-4-2-5-9-19)25-26-24(27)23-16-22(23)21-10-6-3-7-11-21/h3,6-7,10-15,19,22-23H,2,4-5,8-9,16H2,1H3,(H,26,27)/b25-17+/t22-,23+/m0/s1. The molecule has 0 saturated heterocycles. The first-order chi connectivity index (χ1) is 13.2. The van der Waals surface area contributed by atoms with Crippen molar-refractivity contribution < 1.29 is 4.79 Å². The average Bonchev–Trinajstić information content (AvgIpc) is 3.54. The van der Waals surface area contributed by atoms with E-state index in [9.17, 15) is 4.79 Å². The van der Waals surface area contributed by atoms with E-state index in [4.69, 9.17) is 0 Å². The molecule has 2 saturated carbocycles. The second-order valence-corrected chi connectivity index (χ2v) is 7.99. The van der Waals surface area contributed by atoms with Crippen molar-refractivity contribution in [2.45, 2.75) is 57.3 Å². The lowest BCUT2D eigenvalue weighted by atomic mass is 9.84. The molecule has 2 aliphatic rings. The van der Waals surface area contributed by atoms with Gasteiger partial charge < -0.3 is 0 Å². The van der Waals surface area contributed by atoms with Crippen LogP contribution in [0.1, 0.15) is 74.0 Å². The Balaban J connectivity index is 1.33. The van der Waals surface area contributed by atoms with Gasteiger partial charge in [0.05, 0.1) is 5.71 Å². The van der Waals surface area contributed by atoms with Crippen LogP contribution in [0.5, 0.6) is 0 Å². The van der Waals surface area contributed by atoms with Crippen LogP contribution >= 0.6 is 0 Å². The second kappa shape index (κ2) is 8.08. The molecule has 2 aromatic carbocycles. The van der Waals surface area contributed by atoms with Gasteiger partial charge in [-0.25, -0.2) is 5.43 Å². The molecule has 0 bridgehead atoms. The summed E-state index contributed by atoms with van der Waals surface area (Å²) in [6.07, 6.45) is 7.62. The SMILES string of the molecule is C/C(=N\NC(=O)[C@@H]1C[C@H]1c1ccccc1)c1ccc(C2CCCCC2)cc1. The van der Waals surface area contributed by atoms with Crippen molar-refractivity contribution in [3.05, 3.63) is 71.3 Å². The highest BCUT2D eigenvalue weighted by Gasteiger charge is 2.43. The topological polar surface area (TPSA) is 41.5 Å². The van der Waals surface area contributed by atoms with E-state index in [1.165, 1.54) is 43.2 Å². The van der Waals surface area contributed by atoms with E-state index in [0.717, 1.165) is 23.6 Å². The number of benzene rings is 2. The van der Waals surface area contributed by atoms with Crippen LogP contribution in [0.4, 0.5) is 0 Å². The molecule has 0 unspecified atom stereocenters. The van der Waals surface area contributed by atoms with Crippen LogP contribution in [-0.2, 0) is 4.79 Å². The van der Waals surface area contributed by atoms with E-state index in [2.05, 4.69) is 46.9 Å². The molecule has 1 amide bonds. The highest BCUT2D eigenvalue weighted by atomic mass is 16.2. The molecule has 1 N–H and O–H groups in total. The fourth-order valence-corrected chi connectivity index (χ4v) is 4.27. The molecule has 0 radical (unpaired) electrons. The summed E-state index contributed by atoms with van der Waals surface area (Å²) in [4.78, 5) is 12.4. The van der Waals surface area contributed by atoms with Crippen LogP contribution in [0.3, 0.4) is 0 Å². The Hall–Kier alpha value is -2.42. The number of hydrogen-bond acceptors (Lipinski definition) is 2. The van der Waals surface area contributed by atoms with Crippen LogP contribution in [0.15, 0.2) is 59.7 Å². The molecule has 3 heteroatoms. The maximum Gasteiger partial charge on any atom is 0.243 e. The van der Waals surface area contributed by atoms with E-state index in [1.54, 1.807) is 0 Å². The highest BCUT2D eigenvalue weighted by molar-refractivity contribution is 5.99. The zero-order valence-corrected chi connectivity index (χ0v) is 16.0. The van der Waals surface area contributed by atoms with Gasteiger partial charge in [-0.1, -0.05) is 73.9 Å². The Kier molecular flexibility index (Phi) is 5.38. The number of hydrazone groups is 1. The van der Waals surface area contributed by atoms with Crippen molar-refractivity contribution >= 4 is 11.6 Å². The molecule has 27 heavy (non-hydrogen) atoms. The predicted octanol–water partition coefficient (Wildman–Crippen LogP) is 5.38. The Morgan fingerprint density at radius 2 is 1.63 bits per heavy atom. The summed E-state index contributed by atoms with van der Waals surface area (Å²) in [5, 5.41) is 4.34. The van der Waals surface area contributed by atoms with Gasteiger partial charge in [-0.15, -0.1) is 0 Å². The van der Waals surface area contributed by atoms with E-state index >= 15 is 0 Å². The summed E-state index contributed by atoms with van der Waals surface area (Å²) in [6.45, 7) is 1.96. The first kappa shape index (κ1) is 18.0. The third-order valence-electron chi connectivity index (χ3n) is 6.09. The number of rotatable bonds is 5. The van der Waals surface area contributed by atoms with Crippen LogP contribution < -0.4 is 5.43 Å². The molecule has 140 valence electrons. The highest BCUT2D eigenvalue weighted by Crippen LogP contribution is 2.47. The molecule has 2 atom stereocenters. The maximum atomic E-state index is 12.4. The van der Waals surface area contributed by atoms with E-state index in [-0.39, 0.29) is 11.8 Å². The Labute approximate surface area is 161 Å². The zero-order chi connectivity index (χ0) is 18.6. The smallest absolute Gasteiger partial charge is 0.243 e. The van der Waals surface area contributed by atoms with E-state index in [0.29, 0.717) is 5.92 Å². The Morgan fingerprint density at radius 1 is 0.926 bits per heavy atom. The summed E-state index contributed by atoms with van der Waals surface area (Å²) >= 11 is 0. The molecule has 0 aromatic heterocycles. The second-order valence-electron chi connectivity index (χ2n) is 7.99. The van der Waals surface area contributed by atoms with Gasteiger partial charge in [0.1, 0.15) is 0 Å². The van der Waals surface area contributed by atoms with Crippen molar-refractivity contribution in [1.29, 1.82) is 0 Å². The van der Waals surface area contributed by atoms with Crippen LogP contribution in [-0.4, -0.2) is 11.6 Å². The normalized spacial score (nSPS) is 23.1. The van der Waals surface area contributed by atoms with Crippen molar-refractivity contribution in [3.63, 3.8) is 0 Å². The Morgan fingerprint density at radius 3 is 2.33 bits per heavy atom. The summed E-state index contributed by atoms with van der Waals surface area (Å²) in [5.74, 6) is 1.14. The summed E-state index contributed by atoms with van der Waals surface area (Å²) in [7, 11) is 0. The summed E-state index contributed by atoms with van der Waals surface area (Å²) < 4.78 is 0. The number of nitrogens with zero attached hydrogens (tertiary/aromatic N) is 1. The van der Waals surface area contributed by atoms with E-state index < -0.39 is 0 Å². The predicted molar refractivity (Wildman–Crippen MR) is 110 cm³/mol. The lowest BCUT2D eigenvalue weighted by Gasteiger charge is -2.22. The van der Waals surface area contributed by atoms with Gasteiger partial charge in [-0.2, -0.15) is 5.10 Å². The average molecular weight is 361 g/mol. The van der Waals surface area contributed by atoms with Crippen LogP contribution in [0.25, 0.3) is 0 Å². The fourth-order valence-electron chi connectivity index (χ4n) is 4.27. The molecule has 2 aromatic rings. The minimum absolute atomic E-state index is 0.0297. The Bertz CT molecular complexity index is 804. The maximum absolute atomic E-state index is 12.4. The minimum Gasteiger partial charge on any atom is -0.273 e. The fraction of sp³-hybridized carbons (Fsp3) is 0.417. The van der Waals surface area contributed by atoms with Crippen molar-refractivity contribution in [3.8, 4) is 0 Å². The molecule has 3 nitrogen and oxygen atoms in total. The number of amides is 1. The van der Waals surface area contributed by atoms with E-state index in [1.807, 2.05) is 25.1 Å². The van der Waals surface area contributed by atoms with Crippen molar-refractivity contribution in [1.82, 2.24) is 5.43 Å². The first-order valence-corrected chi connectivity index (χ1v) is 10.2. The third kappa shape index (κ3) is 4.29.